The lowest BCUT2D eigenvalue weighted by atomic mass is 10.1. The molecule has 0 saturated heterocycles. The quantitative estimate of drug-likeness (QED) is 0.915. The van der Waals surface area contributed by atoms with Crippen molar-refractivity contribution < 1.29 is 13.2 Å². The van der Waals surface area contributed by atoms with E-state index in [2.05, 4.69) is 5.32 Å². The third-order valence-electron chi connectivity index (χ3n) is 3.54. The number of carbonyl (C=O) groups is 1. The molecule has 23 heavy (non-hydrogen) atoms. The topological polar surface area (TPSA) is 66.5 Å². The highest BCUT2D eigenvalue weighted by Gasteiger charge is 2.21. The number of carbonyl (C=O) groups excluding carboxylic acids is 1. The summed E-state index contributed by atoms with van der Waals surface area (Å²) in [4.78, 5) is 11.2. The molecule has 2 aromatic rings. The average molecular weight is 332 g/mol. The van der Waals surface area contributed by atoms with Crippen molar-refractivity contribution >= 4 is 21.6 Å². The number of amides is 1. The number of rotatable bonds is 5. The van der Waals surface area contributed by atoms with Crippen molar-refractivity contribution in [2.75, 3.05) is 12.4 Å². The summed E-state index contributed by atoms with van der Waals surface area (Å²) in [5.41, 5.74) is 2.59. The molecule has 1 N–H and O–H groups in total. The Morgan fingerprint density at radius 2 is 1.70 bits per heavy atom. The van der Waals surface area contributed by atoms with Crippen LogP contribution in [0.25, 0.3) is 0 Å². The summed E-state index contributed by atoms with van der Waals surface area (Å²) >= 11 is 0. The van der Waals surface area contributed by atoms with Crippen molar-refractivity contribution in [3.05, 3.63) is 59.7 Å². The molecule has 0 aliphatic heterocycles. The molecule has 0 bridgehead atoms. The summed E-state index contributed by atoms with van der Waals surface area (Å²) in [5.74, 6) is -0.197. The molecule has 5 nitrogen and oxygen atoms in total. The largest absolute Gasteiger partial charge is 0.326 e. The van der Waals surface area contributed by atoms with Crippen molar-refractivity contribution in [2.24, 2.45) is 0 Å². The van der Waals surface area contributed by atoms with Gasteiger partial charge in [-0.25, -0.2) is 8.42 Å². The van der Waals surface area contributed by atoms with E-state index in [1.54, 1.807) is 19.2 Å². The van der Waals surface area contributed by atoms with Crippen LogP contribution in [0.4, 0.5) is 5.69 Å². The monoisotopic (exact) mass is 332 g/mol. The Bertz CT molecular complexity index is 799. The molecule has 1 amide bonds. The minimum atomic E-state index is -3.58. The van der Waals surface area contributed by atoms with Gasteiger partial charge in [0.25, 0.3) is 0 Å². The van der Waals surface area contributed by atoms with E-state index in [1.165, 1.54) is 23.4 Å². The molecule has 0 spiro atoms. The molecule has 0 fully saturated rings. The Labute approximate surface area is 137 Å². The predicted octanol–water partition coefficient (Wildman–Crippen LogP) is 2.77. The molecule has 6 heteroatoms. The van der Waals surface area contributed by atoms with Gasteiger partial charge in [-0.15, -0.1) is 0 Å². The van der Waals surface area contributed by atoms with Gasteiger partial charge in [-0.2, -0.15) is 4.31 Å². The fourth-order valence-electron chi connectivity index (χ4n) is 2.21. The van der Waals surface area contributed by atoms with E-state index in [4.69, 9.17) is 0 Å². The van der Waals surface area contributed by atoms with Crippen LogP contribution in [-0.2, 0) is 21.4 Å². The summed E-state index contributed by atoms with van der Waals surface area (Å²) in [6, 6.07) is 13.8. The highest BCUT2D eigenvalue weighted by atomic mass is 32.2. The standard InChI is InChI=1S/C17H20N2O3S/c1-13-6-4-5-7-15(13)12-19(3)23(21,22)17-10-8-16(9-11-17)18-14(2)20/h4-11H,12H2,1-3H3,(H,18,20). The van der Waals surface area contributed by atoms with E-state index in [0.29, 0.717) is 12.2 Å². The summed E-state index contributed by atoms with van der Waals surface area (Å²) in [6.07, 6.45) is 0. The summed E-state index contributed by atoms with van der Waals surface area (Å²) in [7, 11) is -2.02. The molecule has 2 aromatic carbocycles. The lowest BCUT2D eigenvalue weighted by Crippen LogP contribution is -2.26. The Balaban J connectivity index is 2.20. The summed E-state index contributed by atoms with van der Waals surface area (Å²) in [6.45, 7) is 3.67. The first-order valence-corrected chi connectivity index (χ1v) is 8.63. The molecular formula is C17H20N2O3S. The van der Waals surface area contributed by atoms with Gasteiger partial charge in [-0.05, 0) is 42.3 Å². The number of aryl methyl sites for hydroxylation is 1. The fraction of sp³-hybridized carbons (Fsp3) is 0.235. The highest BCUT2D eigenvalue weighted by molar-refractivity contribution is 7.89. The van der Waals surface area contributed by atoms with Crippen LogP contribution in [0.15, 0.2) is 53.4 Å². The number of hydrogen-bond acceptors (Lipinski definition) is 3. The van der Waals surface area contributed by atoms with E-state index in [0.717, 1.165) is 11.1 Å². The maximum absolute atomic E-state index is 12.6. The van der Waals surface area contributed by atoms with Crippen LogP contribution in [0.2, 0.25) is 0 Å². The van der Waals surface area contributed by atoms with Crippen molar-refractivity contribution in [1.29, 1.82) is 0 Å². The van der Waals surface area contributed by atoms with Crippen LogP contribution < -0.4 is 5.32 Å². The highest BCUT2D eigenvalue weighted by Crippen LogP contribution is 2.20. The normalized spacial score (nSPS) is 11.5. The van der Waals surface area contributed by atoms with Crippen molar-refractivity contribution in [3.8, 4) is 0 Å². The van der Waals surface area contributed by atoms with Crippen LogP contribution in [0.1, 0.15) is 18.1 Å². The zero-order chi connectivity index (χ0) is 17.0. The zero-order valence-electron chi connectivity index (χ0n) is 13.4. The number of nitrogens with one attached hydrogen (secondary N) is 1. The van der Waals surface area contributed by atoms with E-state index in [9.17, 15) is 13.2 Å². The molecule has 0 saturated carbocycles. The molecule has 122 valence electrons. The van der Waals surface area contributed by atoms with Gasteiger partial charge in [0.2, 0.25) is 15.9 Å². The maximum atomic E-state index is 12.6. The van der Waals surface area contributed by atoms with Crippen molar-refractivity contribution in [2.45, 2.75) is 25.3 Å². The second kappa shape index (κ2) is 6.93. The zero-order valence-corrected chi connectivity index (χ0v) is 14.2. The first-order chi connectivity index (χ1) is 10.8. The van der Waals surface area contributed by atoms with Crippen LogP contribution in [0.5, 0.6) is 0 Å². The Kier molecular flexibility index (Phi) is 5.18. The van der Waals surface area contributed by atoms with Gasteiger partial charge in [0.15, 0.2) is 0 Å². The van der Waals surface area contributed by atoms with E-state index in [-0.39, 0.29) is 10.8 Å². The molecular weight excluding hydrogens is 312 g/mol. The van der Waals surface area contributed by atoms with Crippen molar-refractivity contribution in [3.63, 3.8) is 0 Å². The molecule has 0 aromatic heterocycles. The predicted molar refractivity (Wildman–Crippen MR) is 90.6 cm³/mol. The number of nitrogens with zero attached hydrogens (tertiary/aromatic N) is 1. The first kappa shape index (κ1) is 17.2. The smallest absolute Gasteiger partial charge is 0.243 e. The lowest BCUT2D eigenvalue weighted by molar-refractivity contribution is -0.114. The Morgan fingerprint density at radius 1 is 1.09 bits per heavy atom. The second-order valence-corrected chi connectivity index (χ2v) is 7.44. The van der Waals surface area contributed by atoms with Crippen molar-refractivity contribution in [1.82, 2.24) is 4.31 Å². The maximum Gasteiger partial charge on any atom is 0.243 e. The minimum Gasteiger partial charge on any atom is -0.326 e. The number of sulfonamides is 1. The molecule has 0 aliphatic carbocycles. The number of anilines is 1. The third-order valence-corrected chi connectivity index (χ3v) is 5.35. The van der Waals surface area contributed by atoms with Gasteiger partial charge in [0, 0.05) is 26.2 Å². The van der Waals surface area contributed by atoms with Gasteiger partial charge in [-0.1, -0.05) is 24.3 Å². The van der Waals surface area contributed by atoms with Gasteiger partial charge in [-0.3, -0.25) is 4.79 Å². The summed E-state index contributed by atoms with van der Waals surface area (Å²) in [5, 5.41) is 2.61. The van der Waals surface area contributed by atoms with Crippen LogP contribution in [0.3, 0.4) is 0 Å². The lowest BCUT2D eigenvalue weighted by Gasteiger charge is -2.18. The number of benzene rings is 2. The number of hydrogen-bond donors (Lipinski definition) is 1. The third kappa shape index (κ3) is 4.18. The average Bonchev–Trinajstić information content (AvgIpc) is 2.49. The molecule has 0 aliphatic rings. The van der Waals surface area contributed by atoms with E-state index in [1.807, 2.05) is 31.2 Å². The fourth-order valence-corrected chi connectivity index (χ4v) is 3.35. The first-order valence-electron chi connectivity index (χ1n) is 7.19. The van der Waals surface area contributed by atoms with Crippen LogP contribution in [-0.4, -0.2) is 25.7 Å². The molecule has 0 heterocycles. The van der Waals surface area contributed by atoms with Gasteiger partial charge < -0.3 is 5.32 Å². The van der Waals surface area contributed by atoms with Crippen LogP contribution >= 0.6 is 0 Å². The van der Waals surface area contributed by atoms with E-state index >= 15 is 0 Å². The second-order valence-electron chi connectivity index (χ2n) is 5.39. The SMILES string of the molecule is CC(=O)Nc1ccc(S(=O)(=O)N(C)Cc2ccccc2C)cc1. The Morgan fingerprint density at radius 3 is 2.26 bits per heavy atom. The van der Waals surface area contributed by atoms with Gasteiger partial charge in [0.05, 0.1) is 4.90 Å². The molecule has 0 atom stereocenters. The molecule has 0 unspecified atom stereocenters. The van der Waals surface area contributed by atoms with Crippen LogP contribution in [0, 0.1) is 6.92 Å². The van der Waals surface area contributed by atoms with E-state index < -0.39 is 10.0 Å². The van der Waals surface area contributed by atoms with Gasteiger partial charge >= 0.3 is 0 Å². The van der Waals surface area contributed by atoms with Gasteiger partial charge in [0.1, 0.15) is 0 Å². The molecule has 2 rings (SSSR count). The minimum absolute atomic E-state index is 0.197. The Hall–Kier alpha value is -2.18. The molecule has 0 radical (unpaired) electrons. The summed E-state index contributed by atoms with van der Waals surface area (Å²) < 4.78 is 26.6.